The van der Waals surface area contributed by atoms with E-state index < -0.39 is 0 Å². The highest BCUT2D eigenvalue weighted by molar-refractivity contribution is 7.13. The lowest BCUT2D eigenvalue weighted by Gasteiger charge is -2.16. The largest absolute Gasteiger partial charge is 0.301 e. The molecule has 2 rings (SSSR count). The van der Waals surface area contributed by atoms with E-state index in [9.17, 15) is 0 Å². The van der Waals surface area contributed by atoms with Crippen molar-refractivity contribution in [1.82, 2.24) is 4.90 Å². The van der Waals surface area contributed by atoms with Crippen LogP contribution in [0.1, 0.15) is 48.2 Å². The van der Waals surface area contributed by atoms with Gasteiger partial charge in [0.25, 0.3) is 0 Å². The number of nitrogens with zero attached hydrogens (tertiary/aromatic N) is 1. The molecule has 0 radical (unpaired) electrons. The summed E-state index contributed by atoms with van der Waals surface area (Å²) in [5.74, 6) is 0.812. The van der Waals surface area contributed by atoms with Gasteiger partial charge in [-0.3, -0.25) is 0 Å². The Hall–Kier alpha value is -0.900. The lowest BCUT2D eigenvalue weighted by atomic mass is 10.1. The Morgan fingerprint density at radius 2 is 2.09 bits per heavy atom. The molecule has 120 valence electrons. The second kappa shape index (κ2) is 8.66. The fourth-order valence-corrected chi connectivity index (χ4v) is 4.26. The molecule has 3 heteroatoms. The van der Waals surface area contributed by atoms with E-state index in [1.165, 1.54) is 39.6 Å². The summed E-state index contributed by atoms with van der Waals surface area (Å²) in [7, 11) is 2.23. The summed E-state index contributed by atoms with van der Waals surface area (Å²) in [6.45, 7) is 9.05. The summed E-state index contributed by atoms with van der Waals surface area (Å²) in [6.07, 6.45) is 4.92. The van der Waals surface area contributed by atoms with Crippen LogP contribution in [0.3, 0.4) is 0 Å². The maximum absolute atomic E-state index is 2.44. The lowest BCUT2D eigenvalue weighted by Crippen LogP contribution is -2.18. The zero-order valence-electron chi connectivity index (χ0n) is 14.1. The van der Waals surface area contributed by atoms with Gasteiger partial charge in [0.1, 0.15) is 0 Å². The first kappa shape index (κ1) is 17.5. The topological polar surface area (TPSA) is 3.24 Å². The molecule has 0 aliphatic rings. The summed E-state index contributed by atoms with van der Waals surface area (Å²) in [6, 6.07) is 8.83. The van der Waals surface area contributed by atoms with Crippen molar-refractivity contribution in [2.75, 3.05) is 13.6 Å². The van der Waals surface area contributed by atoms with Crippen LogP contribution in [0, 0.1) is 5.92 Å². The van der Waals surface area contributed by atoms with Crippen LogP contribution in [0.25, 0.3) is 11.6 Å². The molecule has 0 spiro atoms. The van der Waals surface area contributed by atoms with E-state index in [0.717, 1.165) is 12.5 Å². The van der Waals surface area contributed by atoms with Gasteiger partial charge in [-0.05, 0) is 74.5 Å². The molecule has 1 nitrogen and oxygen atoms in total. The molecule has 0 atom stereocenters. The fourth-order valence-electron chi connectivity index (χ4n) is 2.46. The Morgan fingerprint density at radius 1 is 1.27 bits per heavy atom. The SMILES string of the molecule is C/C(=C\c1ccc(CN(C)CCCC(C)C)s1)c1cccs1. The third-order valence-electron chi connectivity index (χ3n) is 3.70. The molecule has 22 heavy (non-hydrogen) atoms. The lowest BCUT2D eigenvalue weighted by molar-refractivity contribution is 0.313. The summed E-state index contributed by atoms with van der Waals surface area (Å²) >= 11 is 3.72. The van der Waals surface area contributed by atoms with Gasteiger partial charge in [-0.1, -0.05) is 19.9 Å². The van der Waals surface area contributed by atoms with Gasteiger partial charge in [-0.15, -0.1) is 22.7 Å². The van der Waals surface area contributed by atoms with Crippen molar-refractivity contribution in [3.63, 3.8) is 0 Å². The van der Waals surface area contributed by atoms with Gasteiger partial charge in [0.2, 0.25) is 0 Å². The summed E-state index contributed by atoms with van der Waals surface area (Å²) in [4.78, 5) is 6.61. The van der Waals surface area contributed by atoms with E-state index in [1.807, 2.05) is 22.7 Å². The van der Waals surface area contributed by atoms with Crippen molar-refractivity contribution in [2.24, 2.45) is 5.92 Å². The van der Waals surface area contributed by atoms with Crippen LogP contribution in [0.15, 0.2) is 29.6 Å². The molecular formula is C19H27NS2. The van der Waals surface area contributed by atoms with Crippen LogP contribution in [-0.2, 0) is 6.54 Å². The molecule has 0 aliphatic heterocycles. The molecule has 0 fully saturated rings. The highest BCUT2D eigenvalue weighted by Crippen LogP contribution is 2.26. The van der Waals surface area contributed by atoms with Crippen molar-refractivity contribution < 1.29 is 0 Å². The first-order valence-corrected chi connectivity index (χ1v) is 9.73. The van der Waals surface area contributed by atoms with Crippen molar-refractivity contribution in [2.45, 2.75) is 40.2 Å². The molecule has 0 bridgehead atoms. The van der Waals surface area contributed by atoms with E-state index in [-0.39, 0.29) is 0 Å². The Bertz CT molecular complexity index is 578. The van der Waals surface area contributed by atoms with Crippen molar-refractivity contribution >= 4 is 34.3 Å². The number of thiophene rings is 2. The van der Waals surface area contributed by atoms with Gasteiger partial charge in [-0.25, -0.2) is 0 Å². The van der Waals surface area contributed by atoms with E-state index in [4.69, 9.17) is 0 Å². The Labute approximate surface area is 143 Å². The molecule has 0 N–H and O–H groups in total. The molecule has 2 aromatic heterocycles. The van der Waals surface area contributed by atoms with Crippen LogP contribution < -0.4 is 0 Å². The van der Waals surface area contributed by atoms with Gasteiger partial charge in [0, 0.05) is 21.2 Å². The molecule has 0 aromatic carbocycles. The van der Waals surface area contributed by atoms with Crippen LogP contribution in [0.2, 0.25) is 0 Å². The number of hydrogen-bond acceptors (Lipinski definition) is 3. The minimum Gasteiger partial charge on any atom is -0.301 e. The average Bonchev–Trinajstić information content (AvgIpc) is 3.09. The molecule has 0 aliphatic carbocycles. The van der Waals surface area contributed by atoms with E-state index in [2.05, 4.69) is 68.4 Å². The van der Waals surface area contributed by atoms with Crippen molar-refractivity contribution in [3.05, 3.63) is 44.3 Å². The van der Waals surface area contributed by atoms with Crippen LogP contribution in [0.4, 0.5) is 0 Å². The molecule has 0 unspecified atom stereocenters. The predicted molar refractivity (Wildman–Crippen MR) is 103 cm³/mol. The van der Waals surface area contributed by atoms with E-state index >= 15 is 0 Å². The van der Waals surface area contributed by atoms with E-state index in [0.29, 0.717) is 0 Å². The Morgan fingerprint density at radius 3 is 2.77 bits per heavy atom. The van der Waals surface area contributed by atoms with Gasteiger partial charge in [-0.2, -0.15) is 0 Å². The number of allylic oxidation sites excluding steroid dienone is 1. The fraction of sp³-hybridized carbons (Fsp3) is 0.474. The molecule has 2 aromatic rings. The molecule has 0 saturated carbocycles. The maximum Gasteiger partial charge on any atom is 0.0325 e. The maximum atomic E-state index is 2.44. The molecule has 0 amide bonds. The average molecular weight is 334 g/mol. The third-order valence-corrected chi connectivity index (χ3v) is 5.72. The normalized spacial score (nSPS) is 12.5. The first-order valence-electron chi connectivity index (χ1n) is 8.04. The molecular weight excluding hydrogens is 306 g/mol. The van der Waals surface area contributed by atoms with Gasteiger partial charge >= 0.3 is 0 Å². The van der Waals surface area contributed by atoms with Crippen molar-refractivity contribution in [1.29, 1.82) is 0 Å². The zero-order valence-corrected chi connectivity index (χ0v) is 15.8. The quantitative estimate of drug-likeness (QED) is 0.553. The highest BCUT2D eigenvalue weighted by Gasteiger charge is 2.05. The Balaban J connectivity index is 1.87. The van der Waals surface area contributed by atoms with E-state index in [1.54, 1.807) is 0 Å². The second-order valence-electron chi connectivity index (χ2n) is 6.38. The predicted octanol–water partition coefficient (Wildman–Crippen LogP) is 6.24. The summed E-state index contributed by atoms with van der Waals surface area (Å²) < 4.78 is 0. The molecule has 0 saturated heterocycles. The minimum atomic E-state index is 0.812. The number of rotatable bonds is 8. The smallest absolute Gasteiger partial charge is 0.0325 e. The third kappa shape index (κ3) is 5.71. The van der Waals surface area contributed by atoms with Crippen LogP contribution in [0.5, 0.6) is 0 Å². The monoisotopic (exact) mass is 333 g/mol. The van der Waals surface area contributed by atoms with Gasteiger partial charge in [0.15, 0.2) is 0 Å². The van der Waals surface area contributed by atoms with Gasteiger partial charge < -0.3 is 4.90 Å². The Kier molecular flexibility index (Phi) is 6.87. The summed E-state index contributed by atoms with van der Waals surface area (Å²) in [5, 5.41) is 2.14. The van der Waals surface area contributed by atoms with Crippen LogP contribution >= 0.6 is 22.7 Å². The zero-order chi connectivity index (χ0) is 15.9. The number of hydrogen-bond donors (Lipinski definition) is 0. The first-order chi connectivity index (χ1) is 10.5. The molecule has 2 heterocycles. The highest BCUT2D eigenvalue weighted by atomic mass is 32.1. The minimum absolute atomic E-state index is 0.812. The van der Waals surface area contributed by atoms with Crippen LogP contribution in [-0.4, -0.2) is 18.5 Å². The van der Waals surface area contributed by atoms with Crippen molar-refractivity contribution in [3.8, 4) is 0 Å². The second-order valence-corrected chi connectivity index (χ2v) is 8.53. The summed E-state index contributed by atoms with van der Waals surface area (Å²) in [5.41, 5.74) is 1.36. The van der Waals surface area contributed by atoms with Gasteiger partial charge in [0.05, 0.1) is 0 Å². The standard InChI is InChI=1S/C19H27NS2/c1-15(2)7-5-11-20(4)14-18-10-9-17(22-18)13-16(3)19-8-6-12-21-19/h6,8-10,12-13,15H,5,7,11,14H2,1-4H3/b16-13+.